The lowest BCUT2D eigenvalue weighted by atomic mass is 10.2. The van der Waals surface area contributed by atoms with Crippen molar-refractivity contribution in [3.05, 3.63) is 59.6 Å². The quantitative estimate of drug-likeness (QED) is 0.644. The van der Waals surface area contributed by atoms with Gasteiger partial charge in [-0.1, -0.05) is 41.9 Å². The third kappa shape index (κ3) is 6.10. The maximum Gasteiger partial charge on any atom is 0.119 e. The molecule has 0 unspecified atom stereocenters. The number of rotatable bonds is 7. The molecule has 0 aliphatic carbocycles. The lowest BCUT2D eigenvalue weighted by Gasteiger charge is -2.36. The third-order valence-electron chi connectivity index (χ3n) is 4.45. The Morgan fingerprint density at radius 3 is 2.24 bits per heavy atom. The van der Waals surface area contributed by atoms with Crippen LogP contribution in [0.3, 0.4) is 0 Å². The summed E-state index contributed by atoms with van der Waals surface area (Å²) in [4.78, 5) is 4.92. The number of nitrogens with zero attached hydrogens (tertiary/aromatic N) is 2. The zero-order chi connectivity index (χ0) is 16.6. The minimum atomic E-state index is 0. The highest BCUT2D eigenvalue weighted by molar-refractivity contribution is 6.33. The Bertz CT molecular complexity index is 616. The standard InChI is InChI=1S/C20H25ClN2O.ClH/c21-19-10-4-5-11-20(19)23-15-13-22(14-16-23)12-6-7-17-24-18-8-2-1-3-9-18;/h1-5,8-11H,6-7,12-17H2;1H. The van der Waals surface area contributed by atoms with Crippen LogP contribution in [0, 0.1) is 0 Å². The SMILES string of the molecule is Cl.Clc1ccccc1N1CCN(CCCCOc2ccccc2)CC1. The number of anilines is 1. The molecule has 2 aromatic rings. The van der Waals surface area contributed by atoms with Crippen LogP contribution in [0.25, 0.3) is 0 Å². The maximum absolute atomic E-state index is 6.29. The van der Waals surface area contributed by atoms with Gasteiger partial charge in [0.05, 0.1) is 17.3 Å². The average Bonchev–Trinajstić information content (AvgIpc) is 2.63. The minimum absolute atomic E-state index is 0. The Hall–Kier alpha value is -1.42. The van der Waals surface area contributed by atoms with Crippen molar-refractivity contribution in [2.45, 2.75) is 12.8 Å². The molecular weight excluding hydrogens is 355 g/mol. The van der Waals surface area contributed by atoms with Crippen LogP contribution in [0.1, 0.15) is 12.8 Å². The highest BCUT2D eigenvalue weighted by atomic mass is 35.5. The van der Waals surface area contributed by atoms with E-state index in [-0.39, 0.29) is 12.4 Å². The van der Waals surface area contributed by atoms with Crippen LogP contribution in [0.15, 0.2) is 54.6 Å². The monoisotopic (exact) mass is 380 g/mol. The van der Waals surface area contributed by atoms with Gasteiger partial charge in [0.15, 0.2) is 0 Å². The molecule has 1 aliphatic heterocycles. The fraction of sp³-hybridized carbons (Fsp3) is 0.400. The van der Waals surface area contributed by atoms with Crippen molar-refractivity contribution in [1.29, 1.82) is 0 Å². The van der Waals surface area contributed by atoms with Crippen molar-refractivity contribution in [3.8, 4) is 5.75 Å². The number of ether oxygens (including phenoxy) is 1. The zero-order valence-electron chi connectivity index (χ0n) is 14.4. The van der Waals surface area contributed by atoms with E-state index in [0.29, 0.717) is 0 Å². The third-order valence-corrected chi connectivity index (χ3v) is 4.77. The number of hydrogen-bond acceptors (Lipinski definition) is 3. The number of hydrogen-bond donors (Lipinski definition) is 0. The highest BCUT2D eigenvalue weighted by Crippen LogP contribution is 2.26. The van der Waals surface area contributed by atoms with Gasteiger partial charge in [-0.3, -0.25) is 4.90 Å². The summed E-state index contributed by atoms with van der Waals surface area (Å²) in [5.41, 5.74) is 1.16. The van der Waals surface area contributed by atoms with Gasteiger partial charge in [0.2, 0.25) is 0 Å². The van der Waals surface area contributed by atoms with Crippen LogP contribution >= 0.6 is 24.0 Å². The summed E-state index contributed by atoms with van der Waals surface area (Å²) in [6.07, 6.45) is 2.28. The summed E-state index contributed by atoms with van der Waals surface area (Å²) in [5.74, 6) is 0.964. The number of halogens is 2. The number of benzene rings is 2. The van der Waals surface area contributed by atoms with Crippen molar-refractivity contribution in [2.24, 2.45) is 0 Å². The van der Waals surface area contributed by atoms with Crippen LogP contribution in [-0.2, 0) is 0 Å². The molecule has 0 radical (unpaired) electrons. The number of unbranched alkanes of at least 4 members (excludes halogenated alkanes) is 1. The first-order chi connectivity index (χ1) is 11.8. The first kappa shape index (κ1) is 19.9. The minimum Gasteiger partial charge on any atom is -0.494 e. The fourth-order valence-corrected chi connectivity index (χ4v) is 3.32. The summed E-state index contributed by atoms with van der Waals surface area (Å²) in [6, 6.07) is 18.2. The van der Waals surface area contributed by atoms with Crippen molar-refractivity contribution in [2.75, 3.05) is 44.2 Å². The van der Waals surface area contributed by atoms with Crippen molar-refractivity contribution in [1.82, 2.24) is 4.90 Å². The summed E-state index contributed by atoms with van der Waals surface area (Å²) >= 11 is 6.29. The van der Waals surface area contributed by atoms with E-state index in [1.807, 2.05) is 42.5 Å². The van der Waals surface area contributed by atoms with Gasteiger partial charge in [-0.25, -0.2) is 0 Å². The van der Waals surface area contributed by atoms with Crippen molar-refractivity contribution in [3.63, 3.8) is 0 Å². The molecule has 0 atom stereocenters. The Morgan fingerprint density at radius 1 is 0.840 bits per heavy atom. The van der Waals surface area contributed by atoms with E-state index in [0.717, 1.165) is 62.2 Å². The number of piperazine rings is 1. The van der Waals surface area contributed by atoms with Crippen molar-refractivity contribution < 1.29 is 4.74 Å². The summed E-state index contributed by atoms with van der Waals surface area (Å²) in [7, 11) is 0. The molecule has 5 heteroatoms. The summed E-state index contributed by atoms with van der Waals surface area (Å²) in [5, 5.41) is 0.851. The van der Waals surface area contributed by atoms with Gasteiger partial charge in [0.1, 0.15) is 5.75 Å². The molecule has 3 nitrogen and oxygen atoms in total. The van der Waals surface area contributed by atoms with E-state index in [2.05, 4.69) is 21.9 Å². The van der Waals surface area contributed by atoms with E-state index in [1.165, 1.54) is 6.42 Å². The topological polar surface area (TPSA) is 15.7 Å². The first-order valence-corrected chi connectivity index (χ1v) is 9.10. The van der Waals surface area contributed by atoms with Crippen LogP contribution in [0.4, 0.5) is 5.69 Å². The molecule has 136 valence electrons. The average molecular weight is 381 g/mol. The lowest BCUT2D eigenvalue weighted by Crippen LogP contribution is -2.46. The Kier molecular flexibility index (Phi) is 8.39. The molecular formula is C20H26Cl2N2O. The zero-order valence-corrected chi connectivity index (χ0v) is 16.0. The second-order valence-electron chi connectivity index (χ2n) is 6.15. The molecule has 0 bridgehead atoms. The van der Waals surface area contributed by atoms with E-state index in [9.17, 15) is 0 Å². The molecule has 1 fully saturated rings. The predicted octanol–water partition coefficient (Wildman–Crippen LogP) is 4.74. The van der Waals surface area contributed by atoms with E-state index in [4.69, 9.17) is 16.3 Å². The summed E-state index contributed by atoms with van der Waals surface area (Å²) < 4.78 is 5.74. The van der Waals surface area contributed by atoms with Gasteiger partial charge in [0.25, 0.3) is 0 Å². The normalized spacial score (nSPS) is 14.8. The number of para-hydroxylation sites is 2. The molecule has 0 aromatic heterocycles. The fourth-order valence-electron chi connectivity index (χ4n) is 3.06. The molecule has 0 saturated carbocycles. The van der Waals surface area contributed by atoms with E-state index >= 15 is 0 Å². The van der Waals surface area contributed by atoms with Gasteiger partial charge >= 0.3 is 0 Å². The molecule has 1 heterocycles. The maximum atomic E-state index is 6.29. The van der Waals surface area contributed by atoms with E-state index in [1.54, 1.807) is 0 Å². The summed E-state index contributed by atoms with van der Waals surface area (Å²) in [6.45, 7) is 6.24. The molecule has 0 N–H and O–H groups in total. The first-order valence-electron chi connectivity index (χ1n) is 8.72. The molecule has 2 aromatic carbocycles. The van der Waals surface area contributed by atoms with Gasteiger partial charge in [-0.15, -0.1) is 12.4 Å². The second-order valence-corrected chi connectivity index (χ2v) is 6.56. The molecule has 1 aliphatic rings. The van der Waals surface area contributed by atoms with Gasteiger partial charge in [-0.2, -0.15) is 0 Å². The molecule has 1 saturated heterocycles. The van der Waals surface area contributed by atoms with Gasteiger partial charge < -0.3 is 9.64 Å². The molecule has 0 amide bonds. The Balaban J connectivity index is 0.00000225. The largest absolute Gasteiger partial charge is 0.494 e. The highest BCUT2D eigenvalue weighted by Gasteiger charge is 2.18. The smallest absolute Gasteiger partial charge is 0.119 e. The molecule has 25 heavy (non-hydrogen) atoms. The predicted molar refractivity (Wildman–Crippen MR) is 109 cm³/mol. The van der Waals surface area contributed by atoms with E-state index < -0.39 is 0 Å². The van der Waals surface area contributed by atoms with Crippen LogP contribution < -0.4 is 9.64 Å². The van der Waals surface area contributed by atoms with Gasteiger partial charge in [0, 0.05) is 26.2 Å². The lowest BCUT2D eigenvalue weighted by molar-refractivity contribution is 0.238. The van der Waals surface area contributed by atoms with Crippen LogP contribution in [0.5, 0.6) is 5.75 Å². The second kappa shape index (κ2) is 10.5. The molecule has 3 rings (SSSR count). The Labute approximate surface area is 161 Å². The van der Waals surface area contributed by atoms with Crippen LogP contribution in [-0.4, -0.2) is 44.2 Å². The Morgan fingerprint density at radius 2 is 1.52 bits per heavy atom. The van der Waals surface area contributed by atoms with Gasteiger partial charge in [-0.05, 0) is 43.7 Å². The van der Waals surface area contributed by atoms with Crippen LogP contribution in [0.2, 0.25) is 5.02 Å². The molecule has 0 spiro atoms. The van der Waals surface area contributed by atoms with Crippen molar-refractivity contribution >= 4 is 29.7 Å².